The second-order valence-corrected chi connectivity index (χ2v) is 7.11. The molecule has 0 radical (unpaired) electrons. The molecule has 1 heterocycles. The molecule has 2 aromatic rings. The molecule has 0 fully saturated rings. The van der Waals surface area contributed by atoms with Crippen molar-refractivity contribution in [3.05, 3.63) is 47.0 Å². The molecule has 162 valence electrons. The maximum Gasteiger partial charge on any atom is 0.162 e. The number of benzene rings is 2. The Morgan fingerprint density at radius 3 is 2.43 bits per heavy atom. The Labute approximate surface area is 176 Å². The summed E-state index contributed by atoms with van der Waals surface area (Å²) in [7, 11) is 1.54. The first kappa shape index (κ1) is 21.8. The number of fused-ring (bicyclic) bond motifs is 1. The molecular weight excluding hydrogens is 386 g/mol. The Balaban J connectivity index is 1.97. The average Bonchev–Trinajstić information content (AvgIpc) is 2.74. The highest BCUT2D eigenvalue weighted by molar-refractivity contribution is 5.70. The molecule has 0 unspecified atom stereocenters. The van der Waals surface area contributed by atoms with E-state index in [1.165, 1.54) is 25.2 Å². The molecule has 30 heavy (non-hydrogen) atoms. The Morgan fingerprint density at radius 2 is 1.80 bits per heavy atom. The van der Waals surface area contributed by atoms with Crippen LogP contribution in [0, 0.1) is 0 Å². The van der Waals surface area contributed by atoms with Crippen molar-refractivity contribution >= 4 is 5.97 Å². The van der Waals surface area contributed by atoms with Crippen molar-refractivity contribution in [2.45, 2.75) is 39.3 Å². The smallest absolute Gasteiger partial charge is 0.162 e. The molecule has 0 saturated heterocycles. The molecule has 2 N–H and O–H groups in total. The Bertz CT molecular complexity index is 898. The zero-order chi connectivity index (χ0) is 21.7. The minimum Gasteiger partial charge on any atom is -0.546 e. The number of aliphatic carboxylic acids is 1. The highest BCUT2D eigenvalue weighted by Crippen LogP contribution is 2.38. The fourth-order valence-corrected chi connectivity index (χ4v) is 3.72. The zero-order valence-corrected chi connectivity index (χ0v) is 17.9. The summed E-state index contributed by atoms with van der Waals surface area (Å²) in [6.07, 6.45) is -0.128. The van der Waals surface area contributed by atoms with Crippen LogP contribution in [0.2, 0.25) is 0 Å². The molecule has 1 aliphatic rings. The lowest BCUT2D eigenvalue weighted by Gasteiger charge is -2.26. The summed E-state index contributed by atoms with van der Waals surface area (Å²) in [5, 5.41) is 13.3. The Kier molecular flexibility index (Phi) is 7.05. The van der Waals surface area contributed by atoms with Gasteiger partial charge < -0.3 is 34.2 Å². The van der Waals surface area contributed by atoms with Crippen LogP contribution >= 0.6 is 0 Å². The van der Waals surface area contributed by atoms with Gasteiger partial charge in [0.25, 0.3) is 0 Å². The average molecular weight is 415 g/mol. The topological polar surface area (TPSA) is 93.7 Å². The molecule has 0 amide bonds. The first-order chi connectivity index (χ1) is 14.5. The van der Waals surface area contributed by atoms with Gasteiger partial charge in [0.05, 0.1) is 32.8 Å². The molecule has 0 saturated carbocycles. The molecule has 7 nitrogen and oxygen atoms in total. The first-order valence-corrected chi connectivity index (χ1v) is 10.3. The molecule has 3 rings (SSSR count). The second kappa shape index (κ2) is 9.71. The summed E-state index contributed by atoms with van der Waals surface area (Å²) < 4.78 is 22.5. The lowest BCUT2D eigenvalue weighted by atomic mass is 9.89. The van der Waals surface area contributed by atoms with Gasteiger partial charge in [0.2, 0.25) is 0 Å². The summed E-state index contributed by atoms with van der Waals surface area (Å²) >= 11 is 0. The lowest BCUT2D eigenvalue weighted by Crippen LogP contribution is -2.87. The monoisotopic (exact) mass is 415 g/mol. The van der Waals surface area contributed by atoms with Gasteiger partial charge in [0.1, 0.15) is 12.1 Å². The second-order valence-electron chi connectivity index (χ2n) is 7.11. The van der Waals surface area contributed by atoms with Gasteiger partial charge in [-0.15, -0.1) is 0 Å². The number of carbonyl (C=O) groups excluding carboxylic acids is 1. The van der Waals surface area contributed by atoms with E-state index < -0.39 is 12.1 Å². The van der Waals surface area contributed by atoms with Crippen molar-refractivity contribution < 1.29 is 34.2 Å². The number of hydrogen-bond donors (Lipinski definition) is 1. The van der Waals surface area contributed by atoms with E-state index in [0.717, 1.165) is 30.0 Å². The van der Waals surface area contributed by atoms with Crippen molar-refractivity contribution in [1.29, 1.82) is 0 Å². The number of methoxy groups -OCH3 is 1. The van der Waals surface area contributed by atoms with Crippen LogP contribution in [0.1, 0.15) is 43.5 Å². The fraction of sp³-hybridized carbons (Fsp3) is 0.435. The summed E-state index contributed by atoms with van der Waals surface area (Å²) in [6, 6.07) is 9.79. The van der Waals surface area contributed by atoms with Crippen LogP contribution in [0.5, 0.6) is 23.0 Å². The molecule has 0 aromatic heterocycles. The molecule has 0 aliphatic carbocycles. The highest BCUT2D eigenvalue weighted by Gasteiger charge is 2.28. The number of ether oxygens (including phenoxy) is 4. The van der Waals surface area contributed by atoms with Gasteiger partial charge in [-0.3, -0.25) is 0 Å². The van der Waals surface area contributed by atoms with Gasteiger partial charge in [-0.25, -0.2) is 0 Å². The van der Waals surface area contributed by atoms with Gasteiger partial charge >= 0.3 is 0 Å². The third kappa shape index (κ3) is 4.62. The third-order valence-corrected chi connectivity index (χ3v) is 5.14. The molecule has 0 bridgehead atoms. The van der Waals surface area contributed by atoms with Crippen LogP contribution in [-0.4, -0.2) is 38.9 Å². The number of rotatable bonds is 9. The van der Waals surface area contributed by atoms with E-state index in [4.69, 9.17) is 18.9 Å². The zero-order valence-electron chi connectivity index (χ0n) is 17.9. The van der Waals surface area contributed by atoms with E-state index in [2.05, 4.69) is 17.4 Å². The van der Waals surface area contributed by atoms with Gasteiger partial charge in [-0.05, 0) is 56.7 Å². The van der Waals surface area contributed by atoms with Crippen LogP contribution in [0.25, 0.3) is 0 Å². The predicted molar refractivity (Wildman–Crippen MR) is 109 cm³/mol. The minimum absolute atomic E-state index is 0.0603. The summed E-state index contributed by atoms with van der Waals surface area (Å²) in [5.74, 6) is 1.10. The third-order valence-electron chi connectivity index (χ3n) is 5.14. The number of carboxylic acid groups (broad SMARTS) is 1. The van der Waals surface area contributed by atoms with Crippen LogP contribution in [0.15, 0.2) is 30.3 Å². The number of carboxylic acids is 1. The SMILES string of the molecule is CCOc1cc2c(cc1OCC)[C@@H](c1ccc(O[C@@H](C)C(=O)[O-])c(OC)c1)[NH2+]CC2. The number of nitrogens with two attached hydrogens (primary N) is 1. The maximum absolute atomic E-state index is 11.0. The van der Waals surface area contributed by atoms with Crippen LogP contribution in [-0.2, 0) is 11.2 Å². The van der Waals surface area contributed by atoms with E-state index in [0.29, 0.717) is 24.7 Å². The van der Waals surface area contributed by atoms with E-state index in [-0.39, 0.29) is 6.04 Å². The van der Waals surface area contributed by atoms with Gasteiger partial charge in [-0.1, -0.05) is 0 Å². The molecule has 1 aliphatic heterocycles. The number of quaternary nitrogens is 1. The molecule has 2 aromatic carbocycles. The van der Waals surface area contributed by atoms with Crippen molar-refractivity contribution in [3.8, 4) is 23.0 Å². The fourth-order valence-electron chi connectivity index (χ4n) is 3.72. The predicted octanol–water partition coefficient (Wildman–Crippen LogP) is 1.22. The first-order valence-electron chi connectivity index (χ1n) is 10.3. The summed E-state index contributed by atoms with van der Waals surface area (Å²) in [5.41, 5.74) is 3.44. The number of carbonyl (C=O) groups is 1. The highest BCUT2D eigenvalue weighted by atomic mass is 16.5. The van der Waals surface area contributed by atoms with Gasteiger partial charge in [0, 0.05) is 17.5 Å². The quantitative estimate of drug-likeness (QED) is 0.662. The summed E-state index contributed by atoms with van der Waals surface area (Å²) in [4.78, 5) is 11.0. The summed E-state index contributed by atoms with van der Waals surface area (Å²) in [6.45, 7) is 7.43. The molecule has 0 spiro atoms. The van der Waals surface area contributed by atoms with E-state index >= 15 is 0 Å². The van der Waals surface area contributed by atoms with Crippen LogP contribution in [0.4, 0.5) is 0 Å². The van der Waals surface area contributed by atoms with E-state index in [1.807, 2.05) is 26.0 Å². The Morgan fingerprint density at radius 1 is 1.10 bits per heavy atom. The standard InChI is InChI=1S/C23H29NO6/c1-5-28-20-11-15-9-10-24-22(17(15)13-21(20)29-6-2)16-7-8-18(19(12-16)27-4)30-14(3)23(25)26/h7-8,11-14,22,24H,5-6,9-10H2,1-4H3,(H,25,26)/t14-,22+/m0/s1. The van der Waals surface area contributed by atoms with Crippen LogP contribution < -0.4 is 29.4 Å². The van der Waals surface area contributed by atoms with Crippen molar-refractivity contribution in [3.63, 3.8) is 0 Å². The molecule has 2 atom stereocenters. The van der Waals surface area contributed by atoms with E-state index in [9.17, 15) is 9.90 Å². The minimum atomic E-state index is -1.27. The van der Waals surface area contributed by atoms with Crippen molar-refractivity contribution in [2.24, 2.45) is 0 Å². The normalized spacial score (nSPS) is 16.3. The molecular formula is C23H29NO6. The maximum atomic E-state index is 11.0. The van der Waals surface area contributed by atoms with E-state index in [1.54, 1.807) is 6.07 Å². The van der Waals surface area contributed by atoms with Gasteiger partial charge in [-0.2, -0.15) is 0 Å². The van der Waals surface area contributed by atoms with Crippen molar-refractivity contribution in [1.82, 2.24) is 0 Å². The van der Waals surface area contributed by atoms with Crippen LogP contribution in [0.3, 0.4) is 0 Å². The largest absolute Gasteiger partial charge is 0.546 e. The number of hydrogen-bond acceptors (Lipinski definition) is 6. The lowest BCUT2D eigenvalue weighted by molar-refractivity contribution is -0.690. The Hall–Kier alpha value is -2.93. The van der Waals surface area contributed by atoms with Crippen molar-refractivity contribution in [2.75, 3.05) is 26.9 Å². The molecule has 7 heteroatoms. The van der Waals surface area contributed by atoms with Gasteiger partial charge in [0.15, 0.2) is 23.0 Å².